The van der Waals surface area contributed by atoms with E-state index in [9.17, 15) is 14.8 Å². The molecule has 5 rings (SSSR count). The molecule has 0 radical (unpaired) electrons. The Morgan fingerprint density at radius 1 is 1.18 bits per heavy atom. The van der Waals surface area contributed by atoms with Crippen LogP contribution in [0.15, 0.2) is 69.4 Å². The standard InChI is InChI=1S/C26H26ClN7O3S/c1-26(29)9-11-33(12-10-26)20-14-30-24(22(28)32-20)38-19-8-4-6-17(21(19)27)31-23(35)16-13-15-5-2-3-7-18(15)34(37)25(16)36/h2-8,13-14,37H,9-12,29H2,1H3,(H2,28,32)(H,31,35). The maximum Gasteiger partial charge on any atom is 0.296 e. The number of para-hydroxylation sites is 1. The van der Waals surface area contributed by atoms with E-state index < -0.39 is 11.5 Å². The summed E-state index contributed by atoms with van der Waals surface area (Å²) < 4.78 is 0.460. The third-order valence-corrected chi connectivity index (χ3v) is 8.12. The molecule has 38 heavy (non-hydrogen) atoms. The lowest BCUT2D eigenvalue weighted by molar-refractivity contribution is 0.101. The maximum absolute atomic E-state index is 13.0. The lowest BCUT2D eigenvalue weighted by atomic mass is 9.91. The lowest BCUT2D eigenvalue weighted by Crippen LogP contribution is -2.48. The van der Waals surface area contributed by atoms with Gasteiger partial charge in [-0.05, 0) is 44.0 Å². The minimum absolute atomic E-state index is 0.175. The van der Waals surface area contributed by atoms with Gasteiger partial charge in [0.1, 0.15) is 16.4 Å². The molecule has 196 valence electrons. The van der Waals surface area contributed by atoms with Gasteiger partial charge in [0.2, 0.25) is 0 Å². The molecule has 2 aromatic heterocycles. The Hall–Kier alpha value is -3.80. The van der Waals surface area contributed by atoms with Gasteiger partial charge in [-0.25, -0.2) is 9.97 Å². The number of fused-ring (bicyclic) bond motifs is 1. The predicted octanol–water partition coefficient (Wildman–Crippen LogP) is 3.99. The fraction of sp³-hybridized carbons (Fsp3) is 0.231. The van der Waals surface area contributed by atoms with Gasteiger partial charge in [-0.15, -0.1) is 4.73 Å². The van der Waals surface area contributed by atoms with Crippen molar-refractivity contribution in [2.24, 2.45) is 5.73 Å². The molecule has 6 N–H and O–H groups in total. The van der Waals surface area contributed by atoms with Crippen molar-refractivity contribution >= 4 is 57.5 Å². The van der Waals surface area contributed by atoms with Gasteiger partial charge in [0, 0.05) is 28.9 Å². The first-order valence-electron chi connectivity index (χ1n) is 11.9. The van der Waals surface area contributed by atoms with Crippen molar-refractivity contribution in [3.8, 4) is 0 Å². The summed E-state index contributed by atoms with van der Waals surface area (Å²) in [6, 6.07) is 13.2. The van der Waals surface area contributed by atoms with Crippen LogP contribution in [-0.2, 0) is 0 Å². The highest BCUT2D eigenvalue weighted by Gasteiger charge is 2.27. The van der Waals surface area contributed by atoms with Crippen LogP contribution < -0.4 is 27.2 Å². The Labute approximate surface area is 227 Å². The number of benzene rings is 2. The van der Waals surface area contributed by atoms with Crippen LogP contribution in [-0.4, -0.2) is 44.4 Å². The summed E-state index contributed by atoms with van der Waals surface area (Å²) >= 11 is 7.83. The van der Waals surface area contributed by atoms with Gasteiger partial charge < -0.3 is 26.9 Å². The van der Waals surface area contributed by atoms with Crippen molar-refractivity contribution in [3.05, 3.63) is 75.7 Å². The molecule has 1 saturated heterocycles. The maximum atomic E-state index is 13.0. The van der Waals surface area contributed by atoms with E-state index in [1.54, 1.807) is 48.7 Å². The number of aromatic nitrogens is 3. The summed E-state index contributed by atoms with van der Waals surface area (Å²) in [6.45, 7) is 3.61. The molecule has 1 aliphatic heterocycles. The number of hydrogen-bond donors (Lipinski definition) is 4. The van der Waals surface area contributed by atoms with Crippen LogP contribution >= 0.6 is 23.4 Å². The average molecular weight is 552 g/mol. The smallest absolute Gasteiger partial charge is 0.296 e. The number of piperidine rings is 1. The van der Waals surface area contributed by atoms with Gasteiger partial charge in [-0.1, -0.05) is 47.6 Å². The predicted molar refractivity (Wildman–Crippen MR) is 149 cm³/mol. The van der Waals surface area contributed by atoms with Crippen LogP contribution in [0.1, 0.15) is 30.1 Å². The molecule has 3 heterocycles. The molecule has 0 aliphatic carbocycles. The number of anilines is 3. The van der Waals surface area contributed by atoms with Crippen LogP contribution in [0.5, 0.6) is 0 Å². The van der Waals surface area contributed by atoms with Crippen LogP contribution in [0.4, 0.5) is 17.3 Å². The molecule has 2 aromatic carbocycles. The second-order valence-corrected chi connectivity index (χ2v) is 10.9. The number of hydrogen-bond acceptors (Lipinski definition) is 9. The second-order valence-electron chi connectivity index (χ2n) is 9.47. The topological polar surface area (TPSA) is 152 Å². The number of nitrogens with zero attached hydrogens (tertiary/aromatic N) is 4. The molecule has 1 amide bonds. The highest BCUT2D eigenvalue weighted by molar-refractivity contribution is 7.99. The molecule has 1 aliphatic rings. The molecule has 0 unspecified atom stereocenters. The lowest BCUT2D eigenvalue weighted by Gasteiger charge is -2.37. The van der Waals surface area contributed by atoms with E-state index in [0.29, 0.717) is 37.1 Å². The minimum atomic E-state index is -0.837. The Bertz CT molecular complexity index is 1600. The monoisotopic (exact) mass is 551 g/mol. The Morgan fingerprint density at radius 2 is 1.92 bits per heavy atom. The molecule has 10 nitrogen and oxygen atoms in total. The summed E-state index contributed by atoms with van der Waals surface area (Å²) in [4.78, 5) is 37.3. The molecule has 12 heteroatoms. The normalized spacial score (nSPS) is 15.0. The Kier molecular flexibility index (Phi) is 6.91. The van der Waals surface area contributed by atoms with E-state index in [2.05, 4.69) is 27.1 Å². The zero-order valence-electron chi connectivity index (χ0n) is 20.5. The van der Waals surface area contributed by atoms with E-state index >= 15 is 0 Å². The van der Waals surface area contributed by atoms with Crippen LogP contribution in [0, 0.1) is 0 Å². The quantitative estimate of drug-likeness (QED) is 0.270. The zero-order chi connectivity index (χ0) is 27.0. The Balaban J connectivity index is 1.35. The van der Waals surface area contributed by atoms with Gasteiger partial charge >= 0.3 is 0 Å². The summed E-state index contributed by atoms with van der Waals surface area (Å²) in [5, 5.41) is 14.2. The number of nitrogen functional groups attached to an aromatic ring is 1. The molecule has 0 saturated carbocycles. The van der Waals surface area contributed by atoms with Gasteiger partial charge in [-0.3, -0.25) is 9.59 Å². The van der Waals surface area contributed by atoms with E-state index in [1.807, 2.05) is 0 Å². The first kappa shape index (κ1) is 25.8. The number of nitrogens with two attached hydrogens (primary N) is 2. The summed E-state index contributed by atoms with van der Waals surface area (Å²) in [7, 11) is 0. The van der Waals surface area contributed by atoms with Crippen molar-refractivity contribution in [1.82, 2.24) is 14.7 Å². The molecule has 4 aromatic rings. The van der Waals surface area contributed by atoms with Crippen molar-refractivity contribution in [2.75, 3.05) is 29.0 Å². The third kappa shape index (κ3) is 5.13. The number of rotatable bonds is 5. The molecular formula is C26H26ClN7O3S. The summed E-state index contributed by atoms with van der Waals surface area (Å²) in [5.41, 5.74) is 11.8. The molecule has 0 bridgehead atoms. The van der Waals surface area contributed by atoms with Crippen molar-refractivity contribution in [2.45, 2.75) is 35.2 Å². The van der Waals surface area contributed by atoms with Crippen LogP contribution in [0.2, 0.25) is 5.02 Å². The molecule has 0 atom stereocenters. The number of amides is 1. The zero-order valence-corrected chi connectivity index (χ0v) is 22.1. The van der Waals surface area contributed by atoms with Gasteiger partial charge in [0.25, 0.3) is 11.5 Å². The van der Waals surface area contributed by atoms with Crippen molar-refractivity contribution in [1.29, 1.82) is 0 Å². The third-order valence-electron chi connectivity index (χ3n) is 6.53. The first-order valence-corrected chi connectivity index (χ1v) is 13.1. The van der Waals surface area contributed by atoms with E-state index in [-0.39, 0.29) is 21.9 Å². The minimum Gasteiger partial charge on any atom is -0.425 e. The fourth-order valence-electron chi connectivity index (χ4n) is 4.25. The summed E-state index contributed by atoms with van der Waals surface area (Å²) in [6.07, 6.45) is 3.38. The summed E-state index contributed by atoms with van der Waals surface area (Å²) in [5.74, 6) is 0.254. The fourth-order valence-corrected chi connectivity index (χ4v) is 5.35. The molecule has 1 fully saturated rings. The molecule has 0 spiro atoms. The number of pyridine rings is 1. The second kappa shape index (κ2) is 10.2. The van der Waals surface area contributed by atoms with E-state index in [1.165, 1.54) is 17.8 Å². The number of nitrogens with one attached hydrogen (secondary N) is 1. The van der Waals surface area contributed by atoms with Gasteiger partial charge in [-0.2, -0.15) is 0 Å². The van der Waals surface area contributed by atoms with E-state index in [0.717, 1.165) is 25.9 Å². The number of carbonyl (C=O) groups excluding carboxylic acids is 1. The number of halogens is 1. The van der Waals surface area contributed by atoms with E-state index in [4.69, 9.17) is 23.1 Å². The van der Waals surface area contributed by atoms with Crippen LogP contribution in [0.3, 0.4) is 0 Å². The highest BCUT2D eigenvalue weighted by Crippen LogP contribution is 2.39. The largest absolute Gasteiger partial charge is 0.425 e. The van der Waals surface area contributed by atoms with Crippen molar-refractivity contribution in [3.63, 3.8) is 0 Å². The average Bonchev–Trinajstić information content (AvgIpc) is 2.89. The van der Waals surface area contributed by atoms with Gasteiger partial charge in [0.15, 0.2) is 5.82 Å². The first-order chi connectivity index (χ1) is 18.1. The molecular weight excluding hydrogens is 526 g/mol. The SMILES string of the molecule is CC1(N)CCN(c2cnc(Sc3cccc(NC(=O)c4cc5ccccc5n(O)c4=O)c3Cl)c(N)n2)CC1. The van der Waals surface area contributed by atoms with Crippen LogP contribution in [0.25, 0.3) is 10.9 Å². The van der Waals surface area contributed by atoms with Gasteiger partial charge in [0.05, 0.1) is 22.4 Å². The highest BCUT2D eigenvalue weighted by atomic mass is 35.5. The Morgan fingerprint density at radius 3 is 2.66 bits per heavy atom. The number of carbonyl (C=O) groups is 1. The van der Waals surface area contributed by atoms with Crippen molar-refractivity contribution < 1.29 is 10.0 Å².